The van der Waals surface area contributed by atoms with E-state index in [4.69, 9.17) is 4.74 Å². The number of imide groups is 1. The summed E-state index contributed by atoms with van der Waals surface area (Å²) in [4.78, 5) is 27.7. The summed E-state index contributed by atoms with van der Waals surface area (Å²) in [5, 5.41) is 0. The third-order valence-corrected chi connectivity index (χ3v) is 7.11. The monoisotopic (exact) mass is 409 g/mol. The van der Waals surface area contributed by atoms with E-state index in [0.29, 0.717) is 24.2 Å². The van der Waals surface area contributed by atoms with Gasteiger partial charge in [-0.05, 0) is 39.1 Å². The van der Waals surface area contributed by atoms with E-state index in [-0.39, 0.29) is 43.4 Å². The quantitative estimate of drug-likeness (QED) is 0.463. The molecule has 1 aromatic rings. The first-order valence-corrected chi connectivity index (χ1v) is 11.1. The van der Waals surface area contributed by atoms with Crippen molar-refractivity contribution in [3.05, 3.63) is 35.4 Å². The molecule has 3 rings (SSSR count). The highest BCUT2D eigenvalue weighted by Crippen LogP contribution is 2.22. The van der Waals surface area contributed by atoms with E-state index in [2.05, 4.69) is 4.90 Å². The number of carbonyl (C=O) groups is 2. The Morgan fingerprint density at radius 1 is 1.11 bits per heavy atom. The first-order chi connectivity index (χ1) is 13.3. The van der Waals surface area contributed by atoms with E-state index in [9.17, 15) is 18.0 Å². The van der Waals surface area contributed by atoms with E-state index in [0.717, 1.165) is 17.7 Å². The molecule has 1 atom stereocenters. The lowest BCUT2D eigenvalue weighted by Crippen LogP contribution is -2.48. The second-order valence-electron chi connectivity index (χ2n) is 7.35. The Bertz CT molecular complexity index is 805. The van der Waals surface area contributed by atoms with Gasteiger partial charge in [0.15, 0.2) is 0 Å². The molecule has 2 amide bonds. The van der Waals surface area contributed by atoms with Crippen LogP contribution >= 0.6 is 0 Å². The predicted octanol–water partition coefficient (Wildman–Crippen LogP) is 0.655. The molecule has 28 heavy (non-hydrogen) atoms. The van der Waals surface area contributed by atoms with Gasteiger partial charge in [-0.2, -0.15) is 0 Å². The second-order valence-corrected chi connectivity index (χ2v) is 9.44. The fourth-order valence-corrected chi connectivity index (χ4v) is 4.98. The molecule has 1 aromatic carbocycles. The Kier molecular flexibility index (Phi) is 6.49. The fourth-order valence-electron chi connectivity index (χ4n) is 3.59. The van der Waals surface area contributed by atoms with Gasteiger partial charge in [0.25, 0.3) is 11.8 Å². The minimum Gasteiger partial charge on any atom is -0.378 e. The van der Waals surface area contributed by atoms with Crippen molar-refractivity contribution in [2.45, 2.75) is 18.9 Å². The average molecular weight is 410 g/mol. The number of amides is 2. The molecular weight excluding hydrogens is 382 g/mol. The molecule has 8 nitrogen and oxygen atoms in total. The Morgan fingerprint density at radius 3 is 2.36 bits per heavy atom. The molecule has 2 aliphatic heterocycles. The predicted molar refractivity (Wildman–Crippen MR) is 105 cm³/mol. The largest absolute Gasteiger partial charge is 0.378 e. The van der Waals surface area contributed by atoms with Crippen LogP contribution < -0.4 is 0 Å². The van der Waals surface area contributed by atoms with Crippen molar-refractivity contribution in [1.29, 1.82) is 0 Å². The maximum Gasteiger partial charge on any atom is 0.261 e. The molecule has 0 N–H and O–H groups in total. The average Bonchev–Trinajstić information content (AvgIpc) is 2.93. The maximum atomic E-state index is 12.5. The van der Waals surface area contributed by atoms with Crippen LogP contribution in [0.15, 0.2) is 24.3 Å². The number of likely N-dealkylation sites (N-methyl/N-ethyl adjacent to an activating group) is 1. The zero-order chi connectivity index (χ0) is 20.3. The van der Waals surface area contributed by atoms with Gasteiger partial charge in [0.1, 0.15) is 0 Å². The molecular formula is C19H27N3O5S. The van der Waals surface area contributed by atoms with Gasteiger partial charge in [0.05, 0.1) is 36.6 Å². The maximum absolute atomic E-state index is 12.5. The van der Waals surface area contributed by atoms with Gasteiger partial charge in [0.2, 0.25) is 10.0 Å². The van der Waals surface area contributed by atoms with Crippen LogP contribution in [-0.4, -0.2) is 93.1 Å². The number of hydrogen-bond acceptors (Lipinski definition) is 6. The summed E-state index contributed by atoms with van der Waals surface area (Å²) >= 11 is 0. The smallest absolute Gasteiger partial charge is 0.261 e. The molecule has 0 aromatic heterocycles. The standard InChI is InChI=1S/C19H27N3O5S/c1-20(2)15-6-5-9-21(14-15)28(25,26)13-12-27-11-10-22-18(23)16-7-3-4-8-17(16)19(22)24/h3-4,7-8,15H,5-6,9-14H2,1-2H3/t15-/m1/s1. The minimum absolute atomic E-state index is 0.0363. The number of carbonyl (C=O) groups excluding carboxylic acids is 2. The molecule has 2 aliphatic rings. The summed E-state index contributed by atoms with van der Waals surface area (Å²) in [6, 6.07) is 6.93. The summed E-state index contributed by atoms with van der Waals surface area (Å²) in [6.07, 6.45) is 1.85. The summed E-state index contributed by atoms with van der Waals surface area (Å²) in [5.74, 6) is -0.769. The topological polar surface area (TPSA) is 87.2 Å². The Balaban J connectivity index is 1.44. The number of sulfonamides is 1. The van der Waals surface area contributed by atoms with Crippen LogP contribution in [0.5, 0.6) is 0 Å². The molecule has 0 radical (unpaired) electrons. The molecule has 0 bridgehead atoms. The lowest BCUT2D eigenvalue weighted by Gasteiger charge is -2.35. The molecule has 9 heteroatoms. The van der Waals surface area contributed by atoms with Crippen LogP contribution in [0.25, 0.3) is 0 Å². The first kappa shape index (κ1) is 20.9. The molecule has 0 spiro atoms. The molecule has 0 saturated carbocycles. The van der Waals surface area contributed by atoms with Crippen molar-refractivity contribution in [2.24, 2.45) is 0 Å². The summed E-state index contributed by atoms with van der Waals surface area (Å²) in [7, 11) is 0.543. The Hall–Kier alpha value is -1.81. The highest BCUT2D eigenvalue weighted by molar-refractivity contribution is 7.89. The number of fused-ring (bicyclic) bond motifs is 1. The summed E-state index contributed by atoms with van der Waals surface area (Å²) in [6.45, 7) is 1.31. The zero-order valence-electron chi connectivity index (χ0n) is 16.3. The number of benzene rings is 1. The highest BCUT2D eigenvalue weighted by Gasteiger charge is 2.34. The zero-order valence-corrected chi connectivity index (χ0v) is 17.2. The van der Waals surface area contributed by atoms with Crippen LogP contribution in [0.2, 0.25) is 0 Å². The number of piperidine rings is 1. The van der Waals surface area contributed by atoms with Crippen LogP contribution in [-0.2, 0) is 14.8 Å². The van der Waals surface area contributed by atoms with Crippen LogP contribution in [0.3, 0.4) is 0 Å². The third kappa shape index (κ3) is 4.43. The van der Waals surface area contributed by atoms with E-state index >= 15 is 0 Å². The minimum atomic E-state index is -3.38. The molecule has 0 aliphatic carbocycles. The molecule has 154 valence electrons. The van der Waals surface area contributed by atoms with E-state index in [1.54, 1.807) is 24.3 Å². The summed E-state index contributed by atoms with van der Waals surface area (Å²) < 4.78 is 32.0. The lowest BCUT2D eigenvalue weighted by atomic mass is 10.1. The van der Waals surface area contributed by atoms with Crippen LogP contribution in [0.4, 0.5) is 0 Å². The summed E-state index contributed by atoms with van der Waals surface area (Å²) in [5.41, 5.74) is 0.797. The fraction of sp³-hybridized carbons (Fsp3) is 0.579. The van der Waals surface area contributed by atoms with Crippen molar-refractivity contribution in [3.63, 3.8) is 0 Å². The number of ether oxygens (including phenoxy) is 1. The number of nitrogens with zero attached hydrogens (tertiary/aromatic N) is 3. The van der Waals surface area contributed by atoms with Gasteiger partial charge in [-0.25, -0.2) is 12.7 Å². The van der Waals surface area contributed by atoms with Crippen molar-refractivity contribution in [3.8, 4) is 0 Å². The van der Waals surface area contributed by atoms with Crippen molar-refractivity contribution in [1.82, 2.24) is 14.1 Å². The van der Waals surface area contributed by atoms with E-state index in [1.807, 2.05) is 14.1 Å². The van der Waals surface area contributed by atoms with Gasteiger partial charge in [0, 0.05) is 19.1 Å². The van der Waals surface area contributed by atoms with Gasteiger partial charge < -0.3 is 9.64 Å². The molecule has 1 saturated heterocycles. The van der Waals surface area contributed by atoms with Crippen molar-refractivity contribution in [2.75, 3.05) is 52.7 Å². The van der Waals surface area contributed by atoms with E-state index in [1.165, 1.54) is 4.31 Å². The lowest BCUT2D eigenvalue weighted by molar-refractivity contribution is 0.0574. The highest BCUT2D eigenvalue weighted by atomic mass is 32.2. The van der Waals surface area contributed by atoms with Gasteiger partial charge in [-0.15, -0.1) is 0 Å². The number of hydrogen-bond donors (Lipinski definition) is 0. The Morgan fingerprint density at radius 2 is 1.75 bits per heavy atom. The third-order valence-electron chi connectivity index (χ3n) is 5.31. The van der Waals surface area contributed by atoms with Crippen molar-refractivity contribution >= 4 is 21.8 Å². The number of rotatable bonds is 8. The van der Waals surface area contributed by atoms with Gasteiger partial charge in [-0.3, -0.25) is 14.5 Å². The molecule has 0 unspecified atom stereocenters. The van der Waals surface area contributed by atoms with Gasteiger partial charge in [-0.1, -0.05) is 12.1 Å². The van der Waals surface area contributed by atoms with Crippen LogP contribution in [0.1, 0.15) is 33.6 Å². The van der Waals surface area contributed by atoms with E-state index < -0.39 is 10.0 Å². The Labute approximate surface area is 166 Å². The molecule has 2 heterocycles. The normalized spacial score (nSPS) is 20.8. The SMILES string of the molecule is CN(C)[C@@H]1CCCN(S(=O)(=O)CCOCCN2C(=O)c3ccccc3C2=O)C1. The second kappa shape index (κ2) is 8.69. The first-order valence-electron chi connectivity index (χ1n) is 9.48. The van der Waals surface area contributed by atoms with Crippen LogP contribution in [0, 0.1) is 0 Å². The van der Waals surface area contributed by atoms with Gasteiger partial charge >= 0.3 is 0 Å². The molecule has 1 fully saturated rings. The van der Waals surface area contributed by atoms with Crippen molar-refractivity contribution < 1.29 is 22.7 Å².